The van der Waals surface area contributed by atoms with Crippen LogP contribution in [0.4, 0.5) is 0 Å². The van der Waals surface area contributed by atoms with Crippen molar-refractivity contribution >= 4 is 12.1 Å². The smallest absolute Gasteiger partial charge is 0.225 e. The van der Waals surface area contributed by atoms with Gasteiger partial charge in [-0.2, -0.15) is 0 Å². The van der Waals surface area contributed by atoms with Crippen LogP contribution in [0.2, 0.25) is 0 Å². The molecule has 1 aliphatic carbocycles. The summed E-state index contributed by atoms with van der Waals surface area (Å²) in [4.78, 5) is 17.7. The second-order valence-corrected chi connectivity index (χ2v) is 10.1. The zero-order valence-corrected chi connectivity index (χ0v) is 19.0. The third kappa shape index (κ3) is 5.20. The molecule has 3 aliphatic rings. The Kier molecular flexibility index (Phi) is 6.80. The molecular weight excluding hydrogens is 384 g/mol. The van der Waals surface area contributed by atoms with E-state index >= 15 is 0 Å². The number of amides is 1. The van der Waals surface area contributed by atoms with Gasteiger partial charge in [-0.1, -0.05) is 24.3 Å². The van der Waals surface area contributed by atoms with Gasteiger partial charge in [-0.15, -0.1) is 0 Å². The van der Waals surface area contributed by atoms with Gasteiger partial charge in [0, 0.05) is 44.6 Å². The van der Waals surface area contributed by atoms with Crippen molar-refractivity contribution in [2.45, 2.75) is 64.3 Å². The highest BCUT2D eigenvalue weighted by molar-refractivity contribution is 5.79. The number of likely N-dealkylation sites (tertiary alicyclic amines) is 2. The standard InChI is InChI=1S/C26H38N4O/c1-20(28)16-21(6-11-27)19-29-12-7-22(8-13-29)25(31)30-14-9-26(10-15-30)17-23-4-2-3-5-24(23)18-26/h2-5,11,19-20,22,27H,6-10,12-18,28H2,1H3/b21-19+,27-11?. The maximum absolute atomic E-state index is 13.2. The Hall–Kier alpha value is -2.14. The van der Waals surface area contributed by atoms with E-state index in [4.69, 9.17) is 11.1 Å². The molecule has 4 rings (SSSR count). The van der Waals surface area contributed by atoms with Crippen LogP contribution >= 0.6 is 0 Å². The fourth-order valence-corrected chi connectivity index (χ4v) is 5.85. The Morgan fingerprint density at radius 1 is 1.16 bits per heavy atom. The largest absolute Gasteiger partial charge is 0.377 e. The van der Waals surface area contributed by atoms with Crippen LogP contribution in [0.25, 0.3) is 0 Å². The molecule has 2 saturated heterocycles. The summed E-state index contributed by atoms with van der Waals surface area (Å²) < 4.78 is 0. The number of carbonyl (C=O) groups excluding carboxylic acids is 1. The van der Waals surface area contributed by atoms with Gasteiger partial charge >= 0.3 is 0 Å². The Labute approximate surface area is 187 Å². The first-order valence-corrected chi connectivity index (χ1v) is 12.0. The lowest BCUT2D eigenvalue weighted by Crippen LogP contribution is -2.47. The summed E-state index contributed by atoms with van der Waals surface area (Å²) in [6, 6.07) is 8.99. The number of carbonyl (C=O) groups is 1. The topological polar surface area (TPSA) is 73.4 Å². The van der Waals surface area contributed by atoms with Gasteiger partial charge in [0.2, 0.25) is 5.91 Å². The zero-order valence-electron chi connectivity index (χ0n) is 19.0. The van der Waals surface area contributed by atoms with E-state index in [0.29, 0.717) is 17.7 Å². The molecule has 3 N–H and O–H groups in total. The minimum Gasteiger partial charge on any atom is -0.377 e. The van der Waals surface area contributed by atoms with Gasteiger partial charge in [0.05, 0.1) is 0 Å². The number of benzene rings is 1. The van der Waals surface area contributed by atoms with Crippen LogP contribution < -0.4 is 5.73 Å². The molecular formula is C26H38N4O. The van der Waals surface area contributed by atoms with Crippen molar-refractivity contribution in [3.05, 3.63) is 47.2 Å². The summed E-state index contributed by atoms with van der Waals surface area (Å²) in [6.45, 7) is 5.69. The molecule has 2 heterocycles. The highest BCUT2D eigenvalue weighted by Gasteiger charge is 2.41. The van der Waals surface area contributed by atoms with Crippen molar-refractivity contribution in [2.24, 2.45) is 17.1 Å². The first kappa shape index (κ1) is 22.1. The van der Waals surface area contributed by atoms with Crippen LogP contribution in [0.15, 0.2) is 36.0 Å². The fourth-order valence-electron chi connectivity index (χ4n) is 5.85. The molecule has 0 aromatic heterocycles. The van der Waals surface area contributed by atoms with E-state index in [0.717, 1.165) is 58.3 Å². The molecule has 0 saturated carbocycles. The van der Waals surface area contributed by atoms with Crippen molar-refractivity contribution in [1.82, 2.24) is 9.80 Å². The Morgan fingerprint density at radius 3 is 2.32 bits per heavy atom. The van der Waals surface area contributed by atoms with Gasteiger partial charge in [0.15, 0.2) is 0 Å². The number of piperidine rings is 2. The minimum absolute atomic E-state index is 0.111. The van der Waals surface area contributed by atoms with Gasteiger partial charge in [-0.25, -0.2) is 0 Å². The van der Waals surface area contributed by atoms with Gasteiger partial charge in [0.1, 0.15) is 0 Å². The van der Waals surface area contributed by atoms with Gasteiger partial charge in [-0.05, 0) is 86.4 Å². The SMILES string of the molecule is CC(N)C/C(=C/N1CCC(C(=O)N2CCC3(CC2)Cc2ccccc2C3)CC1)CC=N. The van der Waals surface area contributed by atoms with E-state index in [2.05, 4.69) is 40.3 Å². The Morgan fingerprint density at radius 2 is 1.77 bits per heavy atom. The third-order valence-corrected chi connectivity index (χ3v) is 7.58. The lowest BCUT2D eigenvalue weighted by atomic mass is 9.75. The number of hydrogen-bond donors (Lipinski definition) is 2. The summed E-state index contributed by atoms with van der Waals surface area (Å²) >= 11 is 0. The van der Waals surface area contributed by atoms with Crippen LogP contribution in [0.3, 0.4) is 0 Å². The van der Waals surface area contributed by atoms with E-state index in [9.17, 15) is 4.79 Å². The minimum atomic E-state index is 0.111. The van der Waals surface area contributed by atoms with Crippen LogP contribution in [0, 0.1) is 16.7 Å². The predicted molar refractivity (Wildman–Crippen MR) is 126 cm³/mol. The molecule has 1 aromatic carbocycles. The van der Waals surface area contributed by atoms with Crippen LogP contribution in [-0.2, 0) is 17.6 Å². The van der Waals surface area contributed by atoms with Crippen molar-refractivity contribution in [3.8, 4) is 0 Å². The van der Waals surface area contributed by atoms with E-state index in [-0.39, 0.29) is 12.0 Å². The summed E-state index contributed by atoms with van der Waals surface area (Å²) in [7, 11) is 0. The maximum atomic E-state index is 13.2. The summed E-state index contributed by atoms with van der Waals surface area (Å²) in [5.74, 6) is 0.545. The molecule has 0 radical (unpaired) electrons. The molecule has 1 atom stereocenters. The van der Waals surface area contributed by atoms with Crippen LogP contribution in [0.1, 0.15) is 56.6 Å². The molecule has 1 aromatic rings. The molecule has 1 unspecified atom stereocenters. The molecule has 1 spiro atoms. The summed E-state index contributed by atoms with van der Waals surface area (Å²) in [6.07, 6.45) is 11.7. The van der Waals surface area contributed by atoms with E-state index in [1.54, 1.807) is 0 Å². The van der Waals surface area contributed by atoms with Crippen LogP contribution in [0.5, 0.6) is 0 Å². The quantitative estimate of drug-likeness (QED) is 0.686. The highest BCUT2D eigenvalue weighted by atomic mass is 16.2. The summed E-state index contributed by atoms with van der Waals surface area (Å²) in [5, 5.41) is 7.42. The second kappa shape index (κ2) is 9.56. The average Bonchev–Trinajstić information content (AvgIpc) is 3.11. The molecule has 2 fully saturated rings. The zero-order chi connectivity index (χ0) is 21.8. The number of nitrogens with two attached hydrogens (primary N) is 1. The first-order chi connectivity index (χ1) is 15.0. The van der Waals surface area contributed by atoms with Crippen LogP contribution in [-0.4, -0.2) is 54.1 Å². The van der Waals surface area contributed by atoms with Crippen molar-refractivity contribution in [2.75, 3.05) is 26.2 Å². The highest BCUT2D eigenvalue weighted by Crippen LogP contribution is 2.44. The fraction of sp³-hybridized carbons (Fsp3) is 0.615. The van der Waals surface area contributed by atoms with Crippen molar-refractivity contribution in [3.63, 3.8) is 0 Å². The lowest BCUT2D eigenvalue weighted by Gasteiger charge is -2.41. The predicted octanol–water partition coefficient (Wildman–Crippen LogP) is 3.77. The Balaban J connectivity index is 1.27. The first-order valence-electron chi connectivity index (χ1n) is 12.0. The normalized spacial score (nSPS) is 22.5. The van der Waals surface area contributed by atoms with E-state index in [1.165, 1.54) is 35.8 Å². The molecule has 2 aliphatic heterocycles. The molecule has 31 heavy (non-hydrogen) atoms. The van der Waals surface area contributed by atoms with Gasteiger partial charge in [-0.3, -0.25) is 4.79 Å². The monoisotopic (exact) mass is 422 g/mol. The molecule has 5 nitrogen and oxygen atoms in total. The molecule has 0 bridgehead atoms. The van der Waals surface area contributed by atoms with Crippen molar-refractivity contribution in [1.29, 1.82) is 5.41 Å². The number of nitrogens with zero attached hydrogens (tertiary/aromatic N) is 2. The number of hydrogen-bond acceptors (Lipinski definition) is 4. The Bertz CT molecular complexity index is 787. The lowest BCUT2D eigenvalue weighted by molar-refractivity contribution is -0.139. The number of rotatable bonds is 6. The van der Waals surface area contributed by atoms with Gasteiger partial charge < -0.3 is 20.9 Å². The van der Waals surface area contributed by atoms with E-state index in [1.807, 2.05) is 6.92 Å². The molecule has 168 valence electrons. The third-order valence-electron chi connectivity index (χ3n) is 7.58. The number of fused-ring (bicyclic) bond motifs is 1. The number of nitrogens with one attached hydrogen (secondary N) is 1. The molecule has 5 heteroatoms. The van der Waals surface area contributed by atoms with E-state index < -0.39 is 0 Å². The van der Waals surface area contributed by atoms with Gasteiger partial charge in [0.25, 0.3) is 0 Å². The maximum Gasteiger partial charge on any atom is 0.225 e. The average molecular weight is 423 g/mol. The second-order valence-electron chi connectivity index (χ2n) is 10.1. The summed E-state index contributed by atoms with van der Waals surface area (Å²) in [5.41, 5.74) is 10.6. The molecule has 1 amide bonds. The van der Waals surface area contributed by atoms with Crippen molar-refractivity contribution < 1.29 is 4.79 Å².